The molecule has 1 aromatic heterocycles. The molecule has 0 unspecified atom stereocenters. The van der Waals surface area contributed by atoms with Crippen molar-refractivity contribution in [3.63, 3.8) is 0 Å². The smallest absolute Gasteiger partial charge is 0.748 e. The minimum absolute atomic E-state index is 0. The van der Waals surface area contributed by atoms with E-state index in [2.05, 4.69) is 6.07 Å². The number of nitrogens with zero attached hydrogens (tertiary/aromatic N) is 4. The number of nitriles is 1. The summed E-state index contributed by atoms with van der Waals surface area (Å²) in [6, 6.07) is 21.3. The molecular formula is C34H34ClN4NaO7S2. The van der Waals surface area contributed by atoms with Crippen molar-refractivity contribution in [2.24, 2.45) is 0 Å². The Kier molecular flexibility index (Phi) is 13.1. The number of halogens is 1. The predicted molar refractivity (Wildman–Crippen MR) is 183 cm³/mol. The third-order valence-electron chi connectivity index (χ3n) is 8.01. The molecule has 4 aromatic rings. The second-order valence-electron chi connectivity index (χ2n) is 11.3. The van der Waals surface area contributed by atoms with Gasteiger partial charge < -0.3 is 23.3 Å². The molecule has 2 heterocycles. The van der Waals surface area contributed by atoms with Gasteiger partial charge in [0.15, 0.2) is 6.54 Å². The van der Waals surface area contributed by atoms with Gasteiger partial charge in [-0.15, -0.1) is 0 Å². The molecule has 0 bridgehead atoms. The van der Waals surface area contributed by atoms with Gasteiger partial charge in [0.1, 0.15) is 11.9 Å². The summed E-state index contributed by atoms with van der Waals surface area (Å²) in [5.74, 6) is 0.358. The van der Waals surface area contributed by atoms with Crippen molar-refractivity contribution in [1.82, 2.24) is 0 Å². The van der Waals surface area contributed by atoms with Gasteiger partial charge >= 0.3 is 35.4 Å². The molecule has 0 aliphatic carbocycles. The van der Waals surface area contributed by atoms with E-state index in [1.807, 2.05) is 82.0 Å². The predicted octanol–water partition coefficient (Wildman–Crippen LogP) is 2.77. The summed E-state index contributed by atoms with van der Waals surface area (Å²) in [5, 5.41) is 9.94. The molecule has 0 spiro atoms. The minimum atomic E-state index is -4.34. The first-order chi connectivity index (χ1) is 22.9. The number of hydrogen-bond acceptors (Lipinski definition) is 10. The van der Waals surface area contributed by atoms with Crippen LogP contribution < -0.4 is 43.9 Å². The zero-order valence-corrected chi connectivity index (χ0v) is 31.6. The topological polar surface area (TPSA) is 162 Å². The van der Waals surface area contributed by atoms with Crippen molar-refractivity contribution in [3.8, 4) is 17.2 Å². The van der Waals surface area contributed by atoms with Gasteiger partial charge in [0.2, 0.25) is 5.58 Å². The second kappa shape index (κ2) is 16.7. The fourth-order valence-electron chi connectivity index (χ4n) is 5.79. The molecule has 1 aliphatic rings. The SMILES string of the molecule is CCN1C(=CC=Cc2oc3ccc(-c4ccccc4)cc3[n+]2CCCCS(=O)(=O)[O-])N(CCCCS(=O)(=O)[O-])c2cc(C#N)c(Cl)cc21.[Na+]. The number of hydrogen-bond donors (Lipinski definition) is 0. The van der Waals surface area contributed by atoms with Crippen molar-refractivity contribution >= 4 is 60.4 Å². The first-order valence-corrected chi connectivity index (χ1v) is 19.0. The first-order valence-electron chi connectivity index (χ1n) is 15.4. The maximum atomic E-state index is 11.2. The molecule has 15 heteroatoms. The fourth-order valence-corrected chi connectivity index (χ4v) is 7.10. The normalized spacial score (nSPS) is 14.1. The quantitative estimate of drug-likeness (QED) is 0.0816. The number of oxazole rings is 1. The van der Waals surface area contributed by atoms with Crippen molar-refractivity contribution in [2.75, 3.05) is 34.4 Å². The number of aromatic nitrogens is 1. The average molecular weight is 733 g/mol. The van der Waals surface area contributed by atoms with E-state index in [4.69, 9.17) is 16.0 Å². The van der Waals surface area contributed by atoms with Gasteiger partial charge in [-0.3, -0.25) is 0 Å². The molecule has 5 rings (SSSR count). The van der Waals surface area contributed by atoms with Crippen LogP contribution in [0.5, 0.6) is 0 Å². The van der Waals surface area contributed by atoms with Gasteiger partial charge in [-0.2, -0.15) is 9.83 Å². The molecule has 0 atom stereocenters. The van der Waals surface area contributed by atoms with E-state index in [1.54, 1.807) is 18.2 Å². The monoisotopic (exact) mass is 732 g/mol. The Morgan fingerprint density at radius 2 is 1.57 bits per heavy atom. The minimum Gasteiger partial charge on any atom is -0.748 e. The van der Waals surface area contributed by atoms with Crippen LogP contribution >= 0.6 is 11.6 Å². The Balaban J connectivity index is 0.00000541. The van der Waals surface area contributed by atoms with Crippen LogP contribution in [0.1, 0.15) is 44.1 Å². The van der Waals surface area contributed by atoms with Gasteiger partial charge in [-0.05, 0) is 67.7 Å². The van der Waals surface area contributed by atoms with E-state index in [0.29, 0.717) is 54.5 Å². The number of rotatable bonds is 14. The number of allylic oxidation sites excluding steroid dienone is 2. The Labute approximate surface area is 313 Å². The maximum Gasteiger partial charge on any atom is 1.00 e. The van der Waals surface area contributed by atoms with Crippen molar-refractivity contribution < 1.29 is 64.5 Å². The molecule has 11 nitrogen and oxygen atoms in total. The van der Waals surface area contributed by atoms with Crippen LogP contribution in [0.2, 0.25) is 5.02 Å². The van der Waals surface area contributed by atoms with E-state index in [-0.39, 0.29) is 42.4 Å². The van der Waals surface area contributed by atoms with Gasteiger partial charge in [-0.25, -0.2) is 16.8 Å². The van der Waals surface area contributed by atoms with E-state index >= 15 is 0 Å². The number of fused-ring (bicyclic) bond motifs is 2. The van der Waals surface area contributed by atoms with E-state index < -0.39 is 31.7 Å². The van der Waals surface area contributed by atoms with Crippen LogP contribution in [-0.2, 0) is 26.8 Å². The Morgan fingerprint density at radius 1 is 0.898 bits per heavy atom. The summed E-state index contributed by atoms with van der Waals surface area (Å²) >= 11 is 6.40. The molecule has 0 N–H and O–H groups in total. The summed E-state index contributed by atoms with van der Waals surface area (Å²) in [6.45, 7) is 3.34. The molecule has 0 amide bonds. The molecule has 1 aliphatic heterocycles. The zero-order chi connectivity index (χ0) is 34.5. The van der Waals surface area contributed by atoms with E-state index in [1.165, 1.54) is 0 Å². The Bertz CT molecular complexity index is 2130. The Morgan fingerprint density at radius 3 is 2.22 bits per heavy atom. The fraction of sp³-hybridized carbons (Fsp3) is 0.294. The number of aryl methyl sites for hydroxylation is 1. The van der Waals surface area contributed by atoms with Gasteiger partial charge in [0, 0.05) is 37.1 Å². The summed E-state index contributed by atoms with van der Waals surface area (Å²) in [4.78, 5) is 4.00. The van der Waals surface area contributed by atoms with Crippen LogP contribution in [-0.4, -0.2) is 50.5 Å². The summed E-state index contributed by atoms with van der Waals surface area (Å²) in [5.41, 5.74) is 5.29. The summed E-state index contributed by atoms with van der Waals surface area (Å²) in [6.07, 6.45) is 6.74. The van der Waals surface area contributed by atoms with Gasteiger partial charge in [-0.1, -0.05) is 48.0 Å². The number of unbranched alkanes of at least 4 members (excludes halogenated alkanes) is 2. The van der Waals surface area contributed by atoms with Crippen molar-refractivity contribution in [1.29, 1.82) is 5.26 Å². The number of benzene rings is 3. The van der Waals surface area contributed by atoms with Crippen LogP contribution in [0.4, 0.5) is 11.4 Å². The van der Waals surface area contributed by atoms with E-state index in [0.717, 1.165) is 33.8 Å². The molecule has 252 valence electrons. The summed E-state index contributed by atoms with van der Waals surface area (Å²) in [7, 11) is -8.67. The first kappa shape index (κ1) is 38.6. The zero-order valence-electron chi connectivity index (χ0n) is 27.2. The molecule has 3 aromatic carbocycles. The third kappa shape index (κ3) is 9.74. The molecule has 49 heavy (non-hydrogen) atoms. The van der Waals surface area contributed by atoms with E-state index in [9.17, 15) is 31.2 Å². The number of anilines is 2. The third-order valence-corrected chi connectivity index (χ3v) is 9.90. The van der Waals surface area contributed by atoms with Crippen LogP contribution in [0.3, 0.4) is 0 Å². The largest absolute Gasteiger partial charge is 1.00 e. The molecular weight excluding hydrogens is 699 g/mol. The van der Waals surface area contributed by atoms with Crippen LogP contribution in [0, 0.1) is 11.3 Å². The molecule has 0 saturated heterocycles. The molecule has 0 saturated carbocycles. The van der Waals surface area contributed by atoms with Crippen molar-refractivity contribution in [2.45, 2.75) is 39.2 Å². The maximum absolute atomic E-state index is 11.2. The van der Waals surface area contributed by atoms with Crippen LogP contribution in [0.25, 0.3) is 28.3 Å². The van der Waals surface area contributed by atoms with Gasteiger partial charge in [0.25, 0.3) is 5.52 Å². The summed E-state index contributed by atoms with van der Waals surface area (Å²) < 4.78 is 75.4. The Hall–Kier alpha value is -3.19. The second-order valence-corrected chi connectivity index (χ2v) is 14.7. The van der Waals surface area contributed by atoms with Crippen LogP contribution in [0.15, 0.2) is 83.1 Å². The molecule has 0 radical (unpaired) electrons. The average Bonchev–Trinajstić information content (AvgIpc) is 3.53. The molecule has 0 fully saturated rings. The standard InChI is InChI=1S/C34H35ClN4O7S2.Na/c1-2-37-30-23-28(35)27(24-36)22-29(30)38(17-6-8-19-47(40,41)42)33(37)13-10-14-34-39(18-7-9-20-48(43,44)45)31-21-26(15-16-32(31)46-34)25-11-4-3-5-12-25;/h3-5,10-16,21-23H,2,6-9,17-20H2,1H3,(H-,40,41,42,43,44,45);/q;+1/p-1. The van der Waals surface area contributed by atoms with Crippen molar-refractivity contribution in [3.05, 3.63) is 95.1 Å². The van der Waals surface area contributed by atoms with Gasteiger partial charge in [0.05, 0.1) is 48.3 Å².